The van der Waals surface area contributed by atoms with Crippen LogP contribution < -0.4 is 10.9 Å². The minimum Gasteiger partial charge on any atom is -0.309 e. The maximum absolute atomic E-state index is 13.6. The lowest BCUT2D eigenvalue weighted by atomic mass is 9.35. The summed E-state index contributed by atoms with van der Waals surface area (Å²) in [4.78, 5) is 2.09. The van der Waals surface area contributed by atoms with Crippen molar-refractivity contribution in [2.75, 3.05) is 20.6 Å². The van der Waals surface area contributed by atoms with Gasteiger partial charge in [0.2, 0.25) is 6.71 Å². The van der Waals surface area contributed by atoms with Gasteiger partial charge in [-0.2, -0.15) is 0 Å². The van der Waals surface area contributed by atoms with Crippen molar-refractivity contribution >= 4 is 23.1 Å². The van der Waals surface area contributed by atoms with Crippen molar-refractivity contribution < 1.29 is 13.2 Å². The molecule has 3 aromatic carbocycles. The fourth-order valence-electron chi connectivity index (χ4n) is 3.38. The minimum atomic E-state index is -0.313. The van der Waals surface area contributed by atoms with Crippen molar-refractivity contribution in [2.24, 2.45) is 0 Å². The van der Waals surface area contributed by atoms with Gasteiger partial charge >= 0.3 is 0 Å². The maximum Gasteiger partial charge on any atom is 0.241 e. The summed E-state index contributed by atoms with van der Waals surface area (Å²) in [5.41, 5.74) is 3.63. The normalized spacial score (nSPS) is 11.7. The van der Waals surface area contributed by atoms with Gasteiger partial charge in [-0.1, -0.05) is 58.9 Å². The minimum absolute atomic E-state index is 0.233. The van der Waals surface area contributed by atoms with Gasteiger partial charge in [-0.05, 0) is 62.5 Å². The highest BCUT2D eigenvalue weighted by atomic mass is 19.1. The third kappa shape index (κ3) is 5.61. The number of halogens is 3. The highest BCUT2D eigenvalue weighted by Gasteiger charge is 2.25. The van der Waals surface area contributed by atoms with Gasteiger partial charge in [0, 0.05) is 6.54 Å². The molecule has 0 saturated carbocycles. The number of hydrogen-bond acceptors (Lipinski definition) is 1. The van der Waals surface area contributed by atoms with E-state index in [4.69, 9.17) is 0 Å². The second kappa shape index (κ2) is 9.61. The first kappa shape index (κ1) is 20.9. The molecule has 0 aliphatic carbocycles. The zero-order valence-corrected chi connectivity index (χ0v) is 16.6. The summed E-state index contributed by atoms with van der Waals surface area (Å²) in [6, 6.07) is 19.0. The Bertz CT molecular complexity index is 903. The molecule has 3 rings (SSSR count). The number of nitrogens with zero attached hydrogens (tertiary/aromatic N) is 1. The van der Waals surface area contributed by atoms with E-state index in [9.17, 15) is 13.2 Å². The molecule has 0 heterocycles. The molecule has 148 valence electrons. The van der Waals surface area contributed by atoms with E-state index < -0.39 is 0 Å². The van der Waals surface area contributed by atoms with Crippen molar-refractivity contribution in [1.29, 1.82) is 0 Å². The van der Waals surface area contributed by atoms with Crippen LogP contribution in [0.1, 0.15) is 12.0 Å². The van der Waals surface area contributed by atoms with Crippen molar-refractivity contribution in [3.63, 3.8) is 0 Å². The Morgan fingerprint density at radius 2 is 1.14 bits per heavy atom. The van der Waals surface area contributed by atoms with Gasteiger partial charge < -0.3 is 4.90 Å². The van der Waals surface area contributed by atoms with E-state index in [0.29, 0.717) is 0 Å². The Kier molecular flexibility index (Phi) is 6.94. The Labute approximate surface area is 170 Å². The molecule has 0 saturated heterocycles. The molecule has 0 radical (unpaired) electrons. The van der Waals surface area contributed by atoms with Crippen LogP contribution in [0.2, 0.25) is 0 Å². The van der Waals surface area contributed by atoms with Gasteiger partial charge in [0.1, 0.15) is 17.5 Å². The first-order valence-corrected chi connectivity index (χ1v) is 9.55. The van der Waals surface area contributed by atoms with Crippen LogP contribution in [0.3, 0.4) is 0 Å². The Morgan fingerprint density at radius 1 is 0.724 bits per heavy atom. The molecule has 0 spiro atoms. The van der Waals surface area contributed by atoms with Gasteiger partial charge in [-0.3, -0.25) is 0 Å². The van der Waals surface area contributed by atoms with Crippen LogP contribution in [0.4, 0.5) is 13.2 Å². The van der Waals surface area contributed by atoms with Crippen LogP contribution in [-0.4, -0.2) is 32.3 Å². The summed E-state index contributed by atoms with van der Waals surface area (Å²) >= 11 is 0. The van der Waals surface area contributed by atoms with E-state index in [1.165, 1.54) is 36.4 Å². The summed E-state index contributed by atoms with van der Waals surface area (Å²) in [5, 5.41) is 0. The lowest BCUT2D eigenvalue weighted by Crippen LogP contribution is -2.43. The van der Waals surface area contributed by atoms with E-state index in [0.717, 1.165) is 34.9 Å². The molecule has 3 aromatic rings. The predicted molar refractivity (Wildman–Crippen MR) is 115 cm³/mol. The van der Waals surface area contributed by atoms with Crippen LogP contribution in [0.15, 0.2) is 78.9 Å². The van der Waals surface area contributed by atoms with Crippen LogP contribution in [0.5, 0.6) is 0 Å². The number of hydrogen-bond donors (Lipinski definition) is 0. The Balaban J connectivity index is 2.13. The van der Waals surface area contributed by atoms with Crippen molar-refractivity contribution in [3.8, 4) is 0 Å². The first-order chi connectivity index (χ1) is 13.9. The zero-order chi connectivity index (χ0) is 20.8. The van der Waals surface area contributed by atoms with E-state index in [1.807, 2.05) is 14.1 Å². The summed E-state index contributed by atoms with van der Waals surface area (Å²) in [6.45, 7) is 0.619. The summed E-state index contributed by atoms with van der Waals surface area (Å²) in [6.07, 6.45) is 2.92. The molecule has 1 nitrogen and oxygen atoms in total. The Hall–Kier alpha value is -2.79. The van der Waals surface area contributed by atoms with Gasteiger partial charge in [0.15, 0.2) is 0 Å². The summed E-state index contributed by atoms with van der Waals surface area (Å²) in [7, 11) is 4.01. The van der Waals surface area contributed by atoms with Gasteiger partial charge in [-0.25, -0.2) is 13.2 Å². The van der Waals surface area contributed by atoms with E-state index in [-0.39, 0.29) is 24.2 Å². The quantitative estimate of drug-likeness (QED) is 0.542. The van der Waals surface area contributed by atoms with Gasteiger partial charge in [0.05, 0.1) is 0 Å². The first-order valence-electron chi connectivity index (χ1n) is 9.55. The molecule has 29 heavy (non-hydrogen) atoms. The monoisotopic (exact) mass is 393 g/mol. The Morgan fingerprint density at radius 3 is 1.55 bits per heavy atom. The van der Waals surface area contributed by atoms with E-state index >= 15 is 0 Å². The van der Waals surface area contributed by atoms with Crippen LogP contribution in [0.25, 0.3) is 5.47 Å². The third-order valence-corrected chi connectivity index (χ3v) is 4.84. The maximum atomic E-state index is 13.6. The van der Waals surface area contributed by atoms with Crippen LogP contribution >= 0.6 is 0 Å². The molecule has 0 unspecified atom stereocenters. The topological polar surface area (TPSA) is 3.24 Å². The van der Waals surface area contributed by atoms with Crippen molar-refractivity contribution in [1.82, 2.24) is 4.90 Å². The molecule has 0 aliphatic heterocycles. The van der Waals surface area contributed by atoms with Crippen molar-refractivity contribution in [2.45, 2.75) is 6.42 Å². The number of rotatable bonds is 7. The molecule has 0 N–H and O–H groups in total. The molecule has 0 fully saturated rings. The van der Waals surface area contributed by atoms with Crippen LogP contribution in [0, 0.1) is 17.5 Å². The van der Waals surface area contributed by atoms with E-state index in [1.54, 1.807) is 36.4 Å². The lowest BCUT2D eigenvalue weighted by Gasteiger charge is -2.20. The van der Waals surface area contributed by atoms with Crippen molar-refractivity contribution in [3.05, 3.63) is 102 Å². The average molecular weight is 393 g/mol. The average Bonchev–Trinajstić information content (AvgIpc) is 2.70. The zero-order valence-electron chi connectivity index (χ0n) is 16.6. The standard InChI is InChI=1S/C24H23BF3N/c1-29(2)17-3-4-24(18-5-11-21(26)12-6-18)25(19-7-13-22(27)14-8-19)20-9-15-23(28)16-10-20/h4-16H,3,17H2,1-2H3/b24-4-. The van der Waals surface area contributed by atoms with E-state index in [2.05, 4.69) is 11.0 Å². The molecule has 0 aliphatic rings. The molecule has 0 amide bonds. The molecular formula is C24H23BF3N. The lowest BCUT2D eigenvalue weighted by molar-refractivity contribution is 0.417. The van der Waals surface area contributed by atoms with Gasteiger partial charge in [0.25, 0.3) is 0 Å². The molecular weight excluding hydrogens is 370 g/mol. The second-order valence-corrected chi connectivity index (χ2v) is 7.29. The largest absolute Gasteiger partial charge is 0.309 e. The highest BCUT2D eigenvalue weighted by molar-refractivity contribution is 6.99. The van der Waals surface area contributed by atoms with Crippen LogP contribution in [-0.2, 0) is 0 Å². The molecule has 0 atom stereocenters. The fourth-order valence-corrected chi connectivity index (χ4v) is 3.38. The van der Waals surface area contributed by atoms with Gasteiger partial charge in [-0.15, -0.1) is 0 Å². The smallest absolute Gasteiger partial charge is 0.241 e. The molecule has 0 bridgehead atoms. The predicted octanol–water partition coefficient (Wildman–Crippen LogP) is 4.29. The number of benzene rings is 3. The second-order valence-electron chi connectivity index (χ2n) is 7.29. The SMILES string of the molecule is CN(C)CC/C=C(\B(c1ccc(F)cc1)c1ccc(F)cc1)c1ccc(F)cc1. The summed E-state index contributed by atoms with van der Waals surface area (Å²) in [5.74, 6) is -0.931. The molecule has 5 heteroatoms. The molecule has 0 aromatic heterocycles. The third-order valence-electron chi connectivity index (χ3n) is 4.84. The summed E-state index contributed by atoms with van der Waals surface area (Å²) < 4.78 is 40.6. The highest BCUT2D eigenvalue weighted by Crippen LogP contribution is 2.20. The fraction of sp³-hybridized carbons (Fsp3) is 0.167.